The number of H-pyrrole nitrogens is 3. The first kappa shape index (κ1) is 14.0. The maximum Gasteiger partial charge on any atom is 0.174 e. The summed E-state index contributed by atoms with van der Waals surface area (Å²) >= 11 is 4.63. The Morgan fingerprint density at radius 3 is 1.85 bits per heavy atom. The molecule has 74 valence electrons. The topological polar surface area (TPSA) is 60.3 Å². The van der Waals surface area contributed by atoms with Gasteiger partial charge in [-0.2, -0.15) is 0 Å². The van der Waals surface area contributed by atoms with E-state index in [4.69, 9.17) is 0 Å². The molecule has 0 aromatic carbocycles. The molecule has 0 saturated heterocycles. The lowest BCUT2D eigenvalue weighted by Crippen LogP contribution is -1.54. The van der Waals surface area contributed by atoms with E-state index in [-0.39, 0.29) is 9.41 Å². The van der Waals surface area contributed by atoms with Crippen LogP contribution >= 0.6 is 12.2 Å². The van der Waals surface area contributed by atoms with Crippen molar-refractivity contribution in [3.63, 3.8) is 0 Å². The van der Waals surface area contributed by atoms with Gasteiger partial charge in [-0.3, -0.25) is 9.41 Å². The van der Waals surface area contributed by atoms with Crippen molar-refractivity contribution in [2.75, 3.05) is 0 Å². The van der Waals surface area contributed by atoms with Gasteiger partial charge in [-0.15, -0.1) is 0 Å². The maximum atomic E-state index is 4.63. The summed E-state index contributed by atoms with van der Waals surface area (Å²) in [6, 6.07) is 0. The second-order valence-electron chi connectivity index (χ2n) is 1.71. The van der Waals surface area contributed by atoms with Gasteiger partial charge < -0.3 is 15.0 Å². The van der Waals surface area contributed by atoms with Gasteiger partial charge in [-0.25, -0.2) is 4.98 Å². The van der Waals surface area contributed by atoms with Crippen LogP contribution < -0.4 is 0 Å². The summed E-state index contributed by atoms with van der Waals surface area (Å²) in [7, 11) is 0. The number of aromatic amines is 3. The molecule has 13 heavy (non-hydrogen) atoms. The predicted molar refractivity (Wildman–Crippen MR) is 49.6 cm³/mol. The highest BCUT2D eigenvalue weighted by molar-refractivity contribution is 7.71. The summed E-state index contributed by atoms with van der Waals surface area (Å²) in [5, 5.41) is 0. The number of nitrogens with one attached hydrogen (secondary N) is 3. The van der Waals surface area contributed by atoms with Crippen molar-refractivity contribution in [2.24, 2.45) is 0 Å². The third-order valence-electron chi connectivity index (χ3n) is 0.918. The summed E-state index contributed by atoms with van der Waals surface area (Å²) in [5.41, 5.74) is 0. The van der Waals surface area contributed by atoms with E-state index in [1.807, 2.05) is 0 Å². The van der Waals surface area contributed by atoms with Gasteiger partial charge in [0.15, 0.2) is 4.77 Å². The van der Waals surface area contributed by atoms with Crippen LogP contribution in [0.4, 0.5) is 9.41 Å². The van der Waals surface area contributed by atoms with Gasteiger partial charge in [0.25, 0.3) is 0 Å². The highest BCUT2D eigenvalue weighted by Gasteiger charge is 1.64. The number of halogens is 2. The molecule has 0 aliphatic carbocycles. The molecule has 0 unspecified atom stereocenters. The second kappa shape index (κ2) is 8.60. The zero-order valence-electron chi connectivity index (χ0n) is 6.56. The Labute approximate surface area is 78.2 Å². The van der Waals surface area contributed by atoms with E-state index < -0.39 is 0 Å². The molecule has 3 N–H and O–H groups in total. The maximum absolute atomic E-state index is 4.63. The summed E-state index contributed by atoms with van der Waals surface area (Å²) in [6.07, 6.45) is 8.59. The molecule has 0 bridgehead atoms. The van der Waals surface area contributed by atoms with Crippen LogP contribution in [-0.2, 0) is 0 Å². The fourth-order valence-electron chi connectivity index (χ4n) is 0.492. The molecule has 2 aromatic rings. The Morgan fingerprint density at radius 1 is 1.08 bits per heavy atom. The van der Waals surface area contributed by atoms with Crippen LogP contribution in [0.15, 0.2) is 31.1 Å². The molecule has 0 saturated carbocycles. The van der Waals surface area contributed by atoms with Crippen molar-refractivity contribution in [2.45, 2.75) is 0 Å². The molecule has 0 aliphatic heterocycles. The van der Waals surface area contributed by atoms with E-state index in [2.05, 4.69) is 32.2 Å². The van der Waals surface area contributed by atoms with Crippen LogP contribution in [0.25, 0.3) is 0 Å². The molecular weight excluding hydrogens is 198 g/mol. The van der Waals surface area contributed by atoms with E-state index >= 15 is 0 Å². The SMILES string of the molecule is F.F.S=c1[nH]cc[nH]1.c1c[nH]cn1. The minimum Gasteiger partial charge on any atom is -0.351 e. The first-order valence-electron chi connectivity index (χ1n) is 3.04. The highest BCUT2D eigenvalue weighted by atomic mass is 32.1. The average molecular weight is 208 g/mol. The van der Waals surface area contributed by atoms with Crippen LogP contribution in [0.2, 0.25) is 0 Å². The third-order valence-corrected chi connectivity index (χ3v) is 1.15. The number of hydrogen-bond acceptors (Lipinski definition) is 2. The van der Waals surface area contributed by atoms with Crippen LogP contribution in [-0.4, -0.2) is 19.9 Å². The Kier molecular flexibility index (Phi) is 9.29. The van der Waals surface area contributed by atoms with E-state index in [9.17, 15) is 0 Å². The lowest BCUT2D eigenvalue weighted by molar-refractivity contribution is 1.11. The van der Waals surface area contributed by atoms with Gasteiger partial charge in [0.2, 0.25) is 0 Å². The number of imidazole rings is 2. The molecule has 2 rings (SSSR count). The third kappa shape index (κ3) is 6.88. The number of aromatic nitrogens is 4. The van der Waals surface area contributed by atoms with Gasteiger partial charge in [-0.1, -0.05) is 0 Å². The number of hydrogen-bond donors (Lipinski definition) is 3. The first-order chi connectivity index (χ1) is 5.39. The van der Waals surface area contributed by atoms with E-state index in [0.717, 1.165) is 0 Å². The summed E-state index contributed by atoms with van der Waals surface area (Å²) in [4.78, 5) is 11.9. The Bertz CT molecular complexity index is 281. The summed E-state index contributed by atoms with van der Waals surface area (Å²) in [5.74, 6) is 0. The Morgan fingerprint density at radius 2 is 1.69 bits per heavy atom. The molecule has 0 amide bonds. The fraction of sp³-hybridized carbons (Fsp3) is 0. The molecule has 4 nitrogen and oxygen atoms in total. The van der Waals surface area contributed by atoms with Crippen molar-refractivity contribution in [1.29, 1.82) is 0 Å². The number of nitrogens with zero attached hydrogens (tertiary/aromatic N) is 1. The minimum atomic E-state index is 0. The summed E-state index contributed by atoms with van der Waals surface area (Å²) < 4.78 is 0.676. The van der Waals surface area contributed by atoms with Gasteiger partial charge in [0.05, 0.1) is 6.33 Å². The van der Waals surface area contributed by atoms with Crippen LogP contribution in [0, 0.1) is 4.77 Å². The van der Waals surface area contributed by atoms with Gasteiger partial charge in [0, 0.05) is 24.8 Å². The van der Waals surface area contributed by atoms with Crippen LogP contribution in [0.5, 0.6) is 0 Å². The molecule has 2 aromatic heterocycles. The minimum absolute atomic E-state index is 0. The van der Waals surface area contributed by atoms with Crippen molar-refractivity contribution in [3.05, 3.63) is 35.9 Å². The Hall–Kier alpha value is -1.50. The highest BCUT2D eigenvalue weighted by Crippen LogP contribution is 1.72. The van der Waals surface area contributed by atoms with Crippen molar-refractivity contribution in [3.8, 4) is 0 Å². The molecule has 0 fully saturated rings. The normalized spacial score (nSPS) is 7.08. The van der Waals surface area contributed by atoms with Crippen molar-refractivity contribution < 1.29 is 9.41 Å². The average Bonchev–Trinajstić information content (AvgIpc) is 2.57. The first-order valence-corrected chi connectivity index (χ1v) is 3.45. The zero-order chi connectivity index (χ0) is 7.94. The van der Waals surface area contributed by atoms with Crippen LogP contribution in [0.3, 0.4) is 0 Å². The largest absolute Gasteiger partial charge is 0.351 e. The molecular formula is C6H10F2N4S. The number of rotatable bonds is 0. The van der Waals surface area contributed by atoms with Crippen LogP contribution in [0.1, 0.15) is 0 Å². The van der Waals surface area contributed by atoms with Gasteiger partial charge >= 0.3 is 0 Å². The monoisotopic (exact) mass is 208 g/mol. The predicted octanol–water partition coefficient (Wildman–Crippen LogP) is 1.79. The lowest BCUT2D eigenvalue weighted by atomic mass is 11.0. The van der Waals surface area contributed by atoms with E-state index in [1.54, 1.807) is 31.1 Å². The molecule has 0 aliphatic rings. The quantitative estimate of drug-likeness (QED) is 0.578. The zero-order valence-corrected chi connectivity index (χ0v) is 7.38. The van der Waals surface area contributed by atoms with Gasteiger partial charge in [0.1, 0.15) is 0 Å². The molecule has 2 heterocycles. The van der Waals surface area contributed by atoms with Crippen molar-refractivity contribution in [1.82, 2.24) is 19.9 Å². The lowest BCUT2D eigenvalue weighted by Gasteiger charge is -1.56. The molecule has 0 radical (unpaired) electrons. The fourth-order valence-corrected chi connectivity index (χ4v) is 0.628. The van der Waals surface area contributed by atoms with E-state index in [0.29, 0.717) is 4.77 Å². The summed E-state index contributed by atoms with van der Waals surface area (Å²) in [6.45, 7) is 0. The standard InChI is InChI=1S/C3H4N2S.C3H4N2.2FH/c6-3-4-1-2-5-3;1-2-5-3-4-1;;/h1-2H,(H2,4,5,6);1-3H,(H,4,5);2*1H. The van der Waals surface area contributed by atoms with Gasteiger partial charge in [-0.05, 0) is 12.2 Å². The molecule has 0 spiro atoms. The molecule has 0 atom stereocenters. The Balaban J connectivity index is 0. The smallest absolute Gasteiger partial charge is 0.174 e. The van der Waals surface area contributed by atoms with Crippen molar-refractivity contribution >= 4 is 12.2 Å². The molecule has 7 heteroatoms. The second-order valence-corrected chi connectivity index (χ2v) is 2.12. The van der Waals surface area contributed by atoms with E-state index in [1.165, 1.54) is 0 Å².